The molecule has 1 aliphatic heterocycles. The highest BCUT2D eigenvalue weighted by Gasteiger charge is 2.17. The standard InChI is InChI=1S/C26H25N5O3/c1-3-18-5-4-6-20(13-18)30-26-22-15-21(7-8-23(22)27-17-28-26)29-24(32)14-19-9-11-31(12-10-19)16-25(33)34-2/h1,4-8,13-15,17H,9-12,16H2,2H3,(H,29,32)(H,27,28,30). The van der Waals surface area contributed by atoms with E-state index in [1.807, 2.05) is 47.4 Å². The molecule has 1 fully saturated rings. The predicted octanol–water partition coefficient (Wildman–Crippen LogP) is 3.49. The zero-order valence-corrected chi connectivity index (χ0v) is 18.9. The fraction of sp³-hybridized carbons (Fsp3) is 0.231. The third kappa shape index (κ3) is 5.77. The average Bonchev–Trinajstić information content (AvgIpc) is 2.85. The number of rotatable bonds is 6. The zero-order chi connectivity index (χ0) is 23.9. The SMILES string of the molecule is C#Cc1cccc(Nc2ncnc3ccc(NC(=O)C=C4CCN(CC(=O)OC)CC4)cc23)c1. The second kappa shape index (κ2) is 10.6. The molecule has 1 saturated heterocycles. The van der Waals surface area contributed by atoms with Gasteiger partial charge in [0.25, 0.3) is 0 Å². The summed E-state index contributed by atoms with van der Waals surface area (Å²) in [6, 6.07) is 13.0. The van der Waals surface area contributed by atoms with Crippen LogP contribution in [0.15, 0.2) is 60.4 Å². The predicted molar refractivity (Wildman–Crippen MR) is 132 cm³/mol. The monoisotopic (exact) mass is 455 g/mol. The lowest BCUT2D eigenvalue weighted by Crippen LogP contribution is -2.35. The van der Waals surface area contributed by atoms with Crippen LogP contribution in [0.3, 0.4) is 0 Å². The number of fused-ring (bicyclic) bond motifs is 1. The molecule has 172 valence electrons. The molecule has 1 amide bonds. The Morgan fingerprint density at radius 3 is 2.74 bits per heavy atom. The molecule has 0 atom stereocenters. The van der Waals surface area contributed by atoms with E-state index in [0.717, 1.165) is 53.7 Å². The summed E-state index contributed by atoms with van der Waals surface area (Å²) in [6.45, 7) is 1.72. The summed E-state index contributed by atoms with van der Waals surface area (Å²) in [7, 11) is 1.39. The highest BCUT2D eigenvalue weighted by atomic mass is 16.5. The van der Waals surface area contributed by atoms with Crippen molar-refractivity contribution in [3.63, 3.8) is 0 Å². The molecule has 8 heteroatoms. The maximum atomic E-state index is 12.6. The maximum absolute atomic E-state index is 12.6. The number of methoxy groups -OCH3 is 1. The van der Waals surface area contributed by atoms with E-state index in [-0.39, 0.29) is 18.4 Å². The lowest BCUT2D eigenvalue weighted by Gasteiger charge is -2.27. The second-order valence-electron chi connectivity index (χ2n) is 7.95. The zero-order valence-electron chi connectivity index (χ0n) is 18.9. The normalized spacial score (nSPS) is 13.7. The van der Waals surface area contributed by atoms with Crippen molar-refractivity contribution < 1.29 is 14.3 Å². The van der Waals surface area contributed by atoms with E-state index in [9.17, 15) is 9.59 Å². The summed E-state index contributed by atoms with van der Waals surface area (Å²) >= 11 is 0. The maximum Gasteiger partial charge on any atom is 0.319 e. The van der Waals surface area contributed by atoms with Gasteiger partial charge in [0, 0.05) is 41.5 Å². The van der Waals surface area contributed by atoms with E-state index < -0.39 is 0 Å². The molecule has 2 N–H and O–H groups in total. The number of amides is 1. The molecule has 8 nitrogen and oxygen atoms in total. The van der Waals surface area contributed by atoms with E-state index in [1.54, 1.807) is 6.08 Å². The molecule has 3 aromatic rings. The van der Waals surface area contributed by atoms with Gasteiger partial charge in [-0.15, -0.1) is 6.42 Å². The highest BCUT2D eigenvalue weighted by Crippen LogP contribution is 2.26. The number of carbonyl (C=O) groups excluding carboxylic acids is 2. The van der Waals surface area contributed by atoms with Gasteiger partial charge in [0.05, 0.1) is 19.2 Å². The van der Waals surface area contributed by atoms with Crippen LogP contribution < -0.4 is 10.6 Å². The number of nitrogens with zero attached hydrogens (tertiary/aromatic N) is 3. The Hall–Kier alpha value is -4.22. The largest absolute Gasteiger partial charge is 0.468 e. The number of hydrogen-bond donors (Lipinski definition) is 2. The van der Waals surface area contributed by atoms with Crippen LogP contribution in [0, 0.1) is 12.3 Å². The third-order valence-corrected chi connectivity index (χ3v) is 5.61. The van der Waals surface area contributed by atoms with E-state index >= 15 is 0 Å². The molecule has 0 aliphatic carbocycles. The first-order valence-corrected chi connectivity index (χ1v) is 10.9. The quantitative estimate of drug-likeness (QED) is 0.334. The number of terminal acetylenes is 1. The number of benzene rings is 2. The molecule has 0 radical (unpaired) electrons. The van der Waals surface area contributed by atoms with Gasteiger partial charge in [-0.3, -0.25) is 14.5 Å². The van der Waals surface area contributed by atoms with Crippen LogP contribution in [0.25, 0.3) is 10.9 Å². The van der Waals surface area contributed by atoms with Gasteiger partial charge in [-0.25, -0.2) is 9.97 Å². The van der Waals surface area contributed by atoms with Crippen molar-refractivity contribution in [3.05, 3.63) is 66.0 Å². The molecule has 4 rings (SSSR count). The van der Waals surface area contributed by atoms with Gasteiger partial charge in [-0.2, -0.15) is 0 Å². The summed E-state index contributed by atoms with van der Waals surface area (Å²) < 4.78 is 4.71. The summed E-state index contributed by atoms with van der Waals surface area (Å²) in [5.41, 5.74) is 4.03. The van der Waals surface area contributed by atoms with Crippen LogP contribution in [0.5, 0.6) is 0 Å². The van der Waals surface area contributed by atoms with Crippen LogP contribution in [-0.4, -0.2) is 53.5 Å². The Morgan fingerprint density at radius 2 is 1.97 bits per heavy atom. The lowest BCUT2D eigenvalue weighted by molar-refractivity contribution is -0.142. The minimum atomic E-state index is -0.247. The van der Waals surface area contributed by atoms with Crippen LogP contribution in [0.1, 0.15) is 18.4 Å². The average molecular weight is 456 g/mol. The Labute approximate surface area is 198 Å². The van der Waals surface area contributed by atoms with Crippen LogP contribution in [-0.2, 0) is 14.3 Å². The first-order valence-electron chi connectivity index (χ1n) is 10.9. The molecular formula is C26H25N5O3. The molecule has 0 saturated carbocycles. The van der Waals surface area contributed by atoms with Crippen LogP contribution in [0.2, 0.25) is 0 Å². The number of nitrogens with one attached hydrogen (secondary N) is 2. The molecule has 2 heterocycles. The molecule has 0 bridgehead atoms. The van der Waals surface area contributed by atoms with Crippen LogP contribution >= 0.6 is 0 Å². The first kappa shape index (κ1) is 23.0. The molecular weight excluding hydrogens is 430 g/mol. The number of hydrogen-bond acceptors (Lipinski definition) is 7. The van der Waals surface area contributed by atoms with Crippen molar-refractivity contribution in [2.24, 2.45) is 0 Å². The van der Waals surface area contributed by atoms with Gasteiger partial charge in [0.15, 0.2) is 0 Å². The third-order valence-electron chi connectivity index (χ3n) is 5.61. The van der Waals surface area contributed by atoms with Crippen molar-refractivity contribution in [2.45, 2.75) is 12.8 Å². The Morgan fingerprint density at radius 1 is 1.15 bits per heavy atom. The fourth-order valence-corrected chi connectivity index (χ4v) is 3.81. The van der Waals surface area contributed by atoms with Gasteiger partial charge in [0.2, 0.25) is 5.91 Å². The number of ether oxygens (including phenoxy) is 1. The highest BCUT2D eigenvalue weighted by molar-refractivity contribution is 6.02. The fourth-order valence-electron chi connectivity index (χ4n) is 3.81. The molecule has 1 aliphatic rings. The van der Waals surface area contributed by atoms with Crippen LogP contribution in [0.4, 0.5) is 17.2 Å². The Kier molecular flexibility index (Phi) is 7.16. The van der Waals surface area contributed by atoms with Gasteiger partial charge >= 0.3 is 5.97 Å². The van der Waals surface area contributed by atoms with Gasteiger partial charge in [-0.1, -0.05) is 17.6 Å². The number of likely N-dealkylation sites (tertiary alicyclic amines) is 1. The summed E-state index contributed by atoms with van der Waals surface area (Å²) in [5.74, 6) is 2.80. The molecule has 2 aromatic carbocycles. The van der Waals surface area contributed by atoms with Crippen molar-refractivity contribution >= 4 is 40.0 Å². The minimum Gasteiger partial charge on any atom is -0.468 e. The number of esters is 1. The van der Waals surface area contributed by atoms with E-state index in [1.165, 1.54) is 13.4 Å². The van der Waals surface area contributed by atoms with Crippen molar-refractivity contribution in [1.29, 1.82) is 0 Å². The van der Waals surface area contributed by atoms with Gasteiger partial charge < -0.3 is 15.4 Å². The lowest BCUT2D eigenvalue weighted by atomic mass is 10.0. The topological polar surface area (TPSA) is 96.5 Å². The number of aromatic nitrogens is 2. The molecule has 0 spiro atoms. The Balaban J connectivity index is 1.45. The second-order valence-corrected chi connectivity index (χ2v) is 7.95. The first-order chi connectivity index (χ1) is 16.5. The van der Waals surface area contributed by atoms with E-state index in [0.29, 0.717) is 11.5 Å². The smallest absolute Gasteiger partial charge is 0.319 e. The van der Waals surface area contributed by atoms with E-state index in [2.05, 4.69) is 26.5 Å². The Bertz CT molecular complexity index is 1290. The number of anilines is 3. The molecule has 0 unspecified atom stereocenters. The number of carbonyl (C=O) groups is 2. The van der Waals surface area contributed by atoms with Crippen molar-refractivity contribution in [2.75, 3.05) is 37.4 Å². The van der Waals surface area contributed by atoms with Gasteiger partial charge in [-0.05, 0) is 49.2 Å². The van der Waals surface area contributed by atoms with Crippen molar-refractivity contribution in [3.8, 4) is 12.3 Å². The number of piperidine rings is 1. The van der Waals surface area contributed by atoms with Crippen molar-refractivity contribution in [1.82, 2.24) is 14.9 Å². The van der Waals surface area contributed by atoms with E-state index in [4.69, 9.17) is 11.2 Å². The summed E-state index contributed by atoms with van der Waals surface area (Å²) in [6.07, 6.45) is 10.1. The summed E-state index contributed by atoms with van der Waals surface area (Å²) in [5, 5.41) is 6.98. The molecule has 34 heavy (non-hydrogen) atoms. The summed E-state index contributed by atoms with van der Waals surface area (Å²) in [4.78, 5) is 34.8. The minimum absolute atomic E-state index is 0.191. The molecule has 1 aromatic heterocycles. The van der Waals surface area contributed by atoms with Gasteiger partial charge in [0.1, 0.15) is 12.1 Å².